The van der Waals surface area contributed by atoms with Gasteiger partial charge in [-0.2, -0.15) is 15.5 Å². The van der Waals surface area contributed by atoms with E-state index in [1.807, 2.05) is 41.3 Å². The van der Waals surface area contributed by atoms with E-state index in [1.54, 1.807) is 10.9 Å². The van der Waals surface area contributed by atoms with Gasteiger partial charge in [0.2, 0.25) is 0 Å². The number of hydrogen-bond acceptors (Lipinski definition) is 7. The minimum atomic E-state index is -0.298. The Bertz CT molecular complexity index is 920. The first-order valence-electron chi connectivity index (χ1n) is 7.17. The van der Waals surface area contributed by atoms with Crippen molar-refractivity contribution >= 4 is 46.6 Å². The Hall–Kier alpha value is -2.41. The number of hydrogen-bond donors (Lipinski definition) is 1. The molecule has 0 bridgehead atoms. The molecule has 0 spiro atoms. The molecule has 3 heterocycles. The molecule has 0 fully saturated rings. The fourth-order valence-corrected chi connectivity index (χ4v) is 4.11. The summed E-state index contributed by atoms with van der Waals surface area (Å²) < 4.78 is 1.55. The van der Waals surface area contributed by atoms with Crippen LogP contribution in [0.2, 0.25) is 0 Å². The lowest BCUT2D eigenvalue weighted by atomic mass is 10.2. The van der Waals surface area contributed by atoms with Gasteiger partial charge in [-0.1, -0.05) is 12.1 Å². The van der Waals surface area contributed by atoms with Gasteiger partial charge < -0.3 is 0 Å². The largest absolute Gasteiger partial charge is 0.271 e. The molecule has 6 nitrogen and oxygen atoms in total. The van der Waals surface area contributed by atoms with E-state index < -0.39 is 0 Å². The molecule has 0 radical (unpaired) electrons. The first kappa shape index (κ1) is 17.4. The smallest absolute Gasteiger partial charge is 0.261 e. The van der Waals surface area contributed by atoms with Crippen LogP contribution in [0.3, 0.4) is 0 Å². The Labute approximate surface area is 156 Å². The first-order chi connectivity index (χ1) is 12.2. The number of rotatable bonds is 6. The maximum atomic E-state index is 12.1. The highest BCUT2D eigenvalue weighted by atomic mass is 32.2. The molecule has 0 unspecified atom stereocenters. The lowest BCUT2D eigenvalue weighted by Crippen LogP contribution is -2.24. The Morgan fingerprint density at radius 1 is 1.44 bits per heavy atom. The molecule has 0 aliphatic rings. The maximum absolute atomic E-state index is 12.1. The van der Waals surface area contributed by atoms with E-state index >= 15 is 0 Å². The van der Waals surface area contributed by atoms with Gasteiger partial charge in [-0.25, -0.2) is 10.1 Å². The SMILES string of the molecule is CSc1c(C#N)c(-c2cccs2)nn1CC(=O)N/N=C\c1cccs1. The molecule has 0 atom stereocenters. The van der Waals surface area contributed by atoms with Crippen LogP contribution in [0.25, 0.3) is 10.6 Å². The fourth-order valence-electron chi connectivity index (χ4n) is 2.15. The van der Waals surface area contributed by atoms with Crippen LogP contribution in [-0.2, 0) is 11.3 Å². The summed E-state index contributed by atoms with van der Waals surface area (Å²) in [4.78, 5) is 14.0. The highest BCUT2D eigenvalue weighted by Crippen LogP contribution is 2.32. The van der Waals surface area contributed by atoms with Gasteiger partial charge >= 0.3 is 0 Å². The number of nitriles is 1. The average molecular weight is 388 g/mol. The molecule has 1 amide bonds. The van der Waals surface area contributed by atoms with Crippen molar-refractivity contribution in [3.05, 3.63) is 45.5 Å². The molecule has 0 aromatic carbocycles. The third kappa shape index (κ3) is 3.99. The third-order valence-electron chi connectivity index (χ3n) is 3.18. The lowest BCUT2D eigenvalue weighted by molar-refractivity contribution is -0.121. The van der Waals surface area contributed by atoms with Gasteiger partial charge in [0.1, 0.15) is 28.9 Å². The van der Waals surface area contributed by atoms with Crippen LogP contribution in [0.15, 0.2) is 45.2 Å². The minimum absolute atomic E-state index is 0.00198. The predicted molar refractivity (Wildman–Crippen MR) is 102 cm³/mol. The third-order valence-corrected chi connectivity index (χ3v) is 5.67. The summed E-state index contributed by atoms with van der Waals surface area (Å²) in [6, 6.07) is 9.84. The van der Waals surface area contributed by atoms with Gasteiger partial charge in [0.15, 0.2) is 0 Å². The molecule has 3 rings (SSSR count). The molecule has 1 N–H and O–H groups in total. The number of nitrogens with zero attached hydrogens (tertiary/aromatic N) is 4. The Morgan fingerprint density at radius 3 is 2.88 bits per heavy atom. The number of nitrogens with one attached hydrogen (secondary N) is 1. The van der Waals surface area contributed by atoms with Crippen LogP contribution in [-0.4, -0.2) is 28.2 Å². The fraction of sp³-hybridized carbons (Fsp3) is 0.125. The van der Waals surface area contributed by atoms with Crippen molar-refractivity contribution in [2.24, 2.45) is 5.10 Å². The highest BCUT2D eigenvalue weighted by Gasteiger charge is 2.20. The number of hydrazone groups is 1. The quantitative estimate of drug-likeness (QED) is 0.399. The van der Waals surface area contributed by atoms with Gasteiger partial charge in [-0.05, 0) is 29.1 Å². The van der Waals surface area contributed by atoms with Gasteiger partial charge in [0, 0.05) is 4.88 Å². The molecule has 3 aromatic rings. The van der Waals surface area contributed by atoms with Gasteiger partial charge in [-0.15, -0.1) is 34.4 Å². The summed E-state index contributed by atoms with van der Waals surface area (Å²) in [5.74, 6) is -0.298. The van der Waals surface area contributed by atoms with Crippen LogP contribution in [0.5, 0.6) is 0 Å². The second-order valence-corrected chi connectivity index (χ2v) is 7.51. The van der Waals surface area contributed by atoms with Crippen LogP contribution >= 0.6 is 34.4 Å². The number of thioether (sulfide) groups is 1. The van der Waals surface area contributed by atoms with Crippen molar-refractivity contribution in [1.29, 1.82) is 5.26 Å². The van der Waals surface area contributed by atoms with E-state index in [0.29, 0.717) is 16.3 Å². The number of thiophene rings is 2. The average Bonchev–Trinajstić information content (AvgIpc) is 3.35. The molecule has 0 aliphatic carbocycles. The van der Waals surface area contributed by atoms with Crippen LogP contribution < -0.4 is 5.43 Å². The van der Waals surface area contributed by atoms with Crippen LogP contribution in [0, 0.1) is 11.3 Å². The molecule has 3 aromatic heterocycles. The maximum Gasteiger partial charge on any atom is 0.261 e. The first-order valence-corrected chi connectivity index (χ1v) is 10.2. The normalized spacial score (nSPS) is 10.9. The number of amides is 1. The van der Waals surface area contributed by atoms with Gasteiger partial charge in [0.05, 0.1) is 11.1 Å². The summed E-state index contributed by atoms with van der Waals surface area (Å²) >= 11 is 4.44. The molecule has 0 saturated carbocycles. The van der Waals surface area contributed by atoms with E-state index in [0.717, 1.165) is 9.75 Å². The lowest BCUT2D eigenvalue weighted by Gasteiger charge is -2.04. The molecule has 25 heavy (non-hydrogen) atoms. The zero-order valence-electron chi connectivity index (χ0n) is 13.2. The van der Waals surface area contributed by atoms with Gasteiger partial charge in [0.25, 0.3) is 5.91 Å². The zero-order chi connectivity index (χ0) is 17.6. The van der Waals surface area contributed by atoms with E-state index in [4.69, 9.17) is 0 Å². The van der Waals surface area contributed by atoms with E-state index in [1.165, 1.54) is 34.4 Å². The monoisotopic (exact) mass is 387 g/mol. The number of carbonyl (C=O) groups excluding carboxylic acids is 1. The van der Waals surface area contributed by atoms with Crippen molar-refractivity contribution in [2.45, 2.75) is 11.6 Å². The van der Waals surface area contributed by atoms with Crippen molar-refractivity contribution in [3.8, 4) is 16.6 Å². The summed E-state index contributed by atoms with van der Waals surface area (Å²) in [7, 11) is 0. The minimum Gasteiger partial charge on any atom is -0.271 e. The Kier molecular flexibility index (Phi) is 5.65. The topological polar surface area (TPSA) is 83.1 Å². The van der Waals surface area contributed by atoms with E-state index in [-0.39, 0.29) is 12.5 Å². The summed E-state index contributed by atoms with van der Waals surface area (Å²) in [6.07, 6.45) is 3.46. The summed E-state index contributed by atoms with van der Waals surface area (Å²) in [6.45, 7) is -0.00198. The standard InChI is InChI=1S/C16H13N5OS3/c1-23-16-12(8-17)15(13-5-3-7-25-13)20-21(16)10-14(22)19-18-9-11-4-2-6-24-11/h2-7,9H,10H2,1H3,(H,19,22)/b18-9-. The van der Waals surface area contributed by atoms with Crippen molar-refractivity contribution < 1.29 is 4.79 Å². The predicted octanol–water partition coefficient (Wildman–Crippen LogP) is 3.42. The summed E-state index contributed by atoms with van der Waals surface area (Å²) in [5.41, 5.74) is 3.59. The molecular formula is C16H13N5OS3. The molecule has 0 saturated heterocycles. The number of carbonyl (C=O) groups is 1. The van der Waals surface area contributed by atoms with Gasteiger partial charge in [-0.3, -0.25) is 4.79 Å². The van der Waals surface area contributed by atoms with Crippen LogP contribution in [0.4, 0.5) is 0 Å². The van der Waals surface area contributed by atoms with Crippen LogP contribution in [0.1, 0.15) is 10.4 Å². The molecule has 9 heteroatoms. The summed E-state index contributed by atoms with van der Waals surface area (Å²) in [5, 5.41) is 22.4. The Morgan fingerprint density at radius 2 is 2.24 bits per heavy atom. The highest BCUT2D eigenvalue weighted by molar-refractivity contribution is 7.98. The van der Waals surface area contributed by atoms with E-state index in [2.05, 4.69) is 21.7 Å². The van der Waals surface area contributed by atoms with E-state index in [9.17, 15) is 10.1 Å². The Balaban J connectivity index is 1.78. The van der Waals surface area contributed by atoms with Crippen molar-refractivity contribution in [3.63, 3.8) is 0 Å². The second-order valence-electron chi connectivity index (χ2n) is 4.79. The molecule has 0 aliphatic heterocycles. The molecular weight excluding hydrogens is 374 g/mol. The number of aromatic nitrogens is 2. The van der Waals surface area contributed by atoms with Crippen molar-refractivity contribution in [2.75, 3.05) is 6.26 Å². The second kappa shape index (κ2) is 8.11. The van der Waals surface area contributed by atoms with Crippen molar-refractivity contribution in [1.82, 2.24) is 15.2 Å². The zero-order valence-corrected chi connectivity index (χ0v) is 15.6. The molecule has 126 valence electrons.